The molecule has 0 saturated carbocycles. The Morgan fingerprint density at radius 1 is 1.50 bits per heavy atom. The summed E-state index contributed by atoms with van der Waals surface area (Å²) in [6.07, 6.45) is 2.91. The highest BCUT2D eigenvalue weighted by Crippen LogP contribution is 2.30. The van der Waals surface area contributed by atoms with Gasteiger partial charge < -0.3 is 4.57 Å². The van der Waals surface area contributed by atoms with Gasteiger partial charge in [0.05, 0.1) is 28.0 Å². The Hall–Kier alpha value is -1.16. The second-order valence-electron chi connectivity index (χ2n) is 4.28. The largest absolute Gasteiger partial charge is 0.304 e. The molecule has 0 aliphatic heterocycles. The number of carbonyl (C=O) groups excluding carboxylic acids is 1. The van der Waals surface area contributed by atoms with E-state index in [-0.39, 0.29) is 11.7 Å². The van der Waals surface area contributed by atoms with Crippen LogP contribution in [0.5, 0.6) is 0 Å². The van der Waals surface area contributed by atoms with Gasteiger partial charge in [-0.1, -0.05) is 23.4 Å². The summed E-state index contributed by atoms with van der Waals surface area (Å²) in [5.74, 6) is 0.811. The third-order valence-corrected chi connectivity index (χ3v) is 5.64. The number of thioether (sulfide) groups is 1. The number of hydrogen-bond acceptors (Lipinski definition) is 6. The number of aromatic nitrogens is 5. The van der Waals surface area contributed by atoms with Gasteiger partial charge in [-0.05, 0) is 22.0 Å². The summed E-state index contributed by atoms with van der Waals surface area (Å²) in [5.41, 5.74) is 0. The summed E-state index contributed by atoms with van der Waals surface area (Å²) in [4.78, 5) is 13.0. The molecule has 0 aliphatic carbocycles. The molecule has 0 bridgehead atoms. The molecule has 0 N–H and O–H groups in total. The monoisotopic (exact) mass is 417 g/mol. The molecule has 0 unspecified atom stereocenters. The summed E-state index contributed by atoms with van der Waals surface area (Å²) in [5, 5.41) is 15.3. The molecule has 0 radical (unpaired) electrons. The van der Waals surface area contributed by atoms with Crippen molar-refractivity contribution in [2.45, 2.75) is 5.16 Å². The van der Waals surface area contributed by atoms with Crippen molar-refractivity contribution < 1.29 is 4.79 Å². The standard InChI is InChI=1S/C12H9BrClN5OS2/c1-18-11(9-2-7(13)5-21-9)16-17-12(18)22-6-10(20)19-4-8(14)3-15-19/h2-5H,6H2,1H3. The van der Waals surface area contributed by atoms with E-state index in [1.807, 2.05) is 23.1 Å². The predicted molar refractivity (Wildman–Crippen MR) is 90.6 cm³/mol. The van der Waals surface area contributed by atoms with E-state index >= 15 is 0 Å². The van der Waals surface area contributed by atoms with Gasteiger partial charge in [-0.2, -0.15) is 5.10 Å². The van der Waals surface area contributed by atoms with Crippen LogP contribution < -0.4 is 0 Å². The molecule has 0 amide bonds. The normalized spacial score (nSPS) is 11.0. The van der Waals surface area contributed by atoms with Crippen molar-refractivity contribution in [3.63, 3.8) is 0 Å². The van der Waals surface area contributed by atoms with E-state index < -0.39 is 0 Å². The number of rotatable bonds is 4. The molecule has 114 valence electrons. The van der Waals surface area contributed by atoms with Crippen LogP contribution in [0.25, 0.3) is 10.7 Å². The third-order valence-electron chi connectivity index (χ3n) is 2.75. The second kappa shape index (κ2) is 6.53. The third kappa shape index (κ3) is 3.27. The first kappa shape index (κ1) is 15.7. The van der Waals surface area contributed by atoms with Crippen molar-refractivity contribution >= 4 is 56.5 Å². The molecule has 3 aromatic rings. The van der Waals surface area contributed by atoms with E-state index in [9.17, 15) is 4.79 Å². The Morgan fingerprint density at radius 3 is 2.95 bits per heavy atom. The molecular formula is C12H9BrClN5OS2. The Bertz CT molecular complexity index is 827. The molecular weight excluding hydrogens is 410 g/mol. The van der Waals surface area contributed by atoms with Gasteiger partial charge in [-0.3, -0.25) is 4.79 Å². The molecule has 3 heterocycles. The van der Waals surface area contributed by atoms with Crippen LogP contribution in [0, 0.1) is 0 Å². The van der Waals surface area contributed by atoms with E-state index in [1.54, 1.807) is 11.3 Å². The van der Waals surface area contributed by atoms with Crippen LogP contribution in [0.3, 0.4) is 0 Å². The van der Waals surface area contributed by atoms with Crippen molar-refractivity contribution in [2.24, 2.45) is 7.05 Å². The van der Waals surface area contributed by atoms with Gasteiger partial charge in [-0.15, -0.1) is 21.5 Å². The average molecular weight is 419 g/mol. The zero-order valence-electron chi connectivity index (χ0n) is 11.2. The van der Waals surface area contributed by atoms with E-state index in [1.165, 1.54) is 28.8 Å². The lowest BCUT2D eigenvalue weighted by atomic mass is 10.4. The molecule has 0 aliphatic rings. The number of nitrogens with zero attached hydrogens (tertiary/aromatic N) is 5. The first-order valence-corrected chi connectivity index (χ1v) is 9.08. The Kier molecular flexibility index (Phi) is 4.67. The van der Waals surface area contributed by atoms with Crippen molar-refractivity contribution in [1.82, 2.24) is 24.5 Å². The molecule has 6 nitrogen and oxygen atoms in total. The Labute approximate surface area is 147 Å². The maximum absolute atomic E-state index is 12.0. The number of halogens is 2. The van der Waals surface area contributed by atoms with Crippen LogP contribution in [0.15, 0.2) is 33.5 Å². The molecule has 3 rings (SSSR count). The Balaban J connectivity index is 1.71. The van der Waals surface area contributed by atoms with Gasteiger partial charge in [0.15, 0.2) is 11.0 Å². The van der Waals surface area contributed by atoms with Gasteiger partial charge in [0.2, 0.25) is 0 Å². The van der Waals surface area contributed by atoms with Crippen molar-refractivity contribution in [2.75, 3.05) is 5.75 Å². The topological polar surface area (TPSA) is 65.6 Å². The lowest BCUT2D eigenvalue weighted by molar-refractivity contribution is 0.0926. The second-order valence-corrected chi connectivity index (χ2v) is 7.49. The lowest BCUT2D eigenvalue weighted by Crippen LogP contribution is -2.13. The maximum Gasteiger partial charge on any atom is 0.257 e. The van der Waals surface area contributed by atoms with Crippen molar-refractivity contribution in [1.29, 1.82) is 0 Å². The SMILES string of the molecule is Cn1c(SCC(=O)n2cc(Cl)cn2)nnc1-c1cc(Br)cs1. The minimum Gasteiger partial charge on any atom is -0.304 e. The van der Waals surface area contributed by atoms with Gasteiger partial charge >= 0.3 is 0 Å². The highest BCUT2D eigenvalue weighted by molar-refractivity contribution is 9.10. The first-order chi connectivity index (χ1) is 10.5. The molecule has 0 aromatic carbocycles. The number of hydrogen-bond donors (Lipinski definition) is 0. The minimum atomic E-state index is -0.166. The quantitative estimate of drug-likeness (QED) is 0.606. The van der Waals surface area contributed by atoms with E-state index in [0.717, 1.165) is 15.2 Å². The smallest absolute Gasteiger partial charge is 0.257 e. The van der Waals surface area contributed by atoms with Gasteiger partial charge in [0.25, 0.3) is 5.91 Å². The van der Waals surface area contributed by atoms with Crippen LogP contribution in [0.1, 0.15) is 4.79 Å². The maximum atomic E-state index is 12.0. The highest BCUT2D eigenvalue weighted by Gasteiger charge is 2.15. The fourth-order valence-electron chi connectivity index (χ4n) is 1.72. The summed E-state index contributed by atoms with van der Waals surface area (Å²) < 4.78 is 4.10. The molecule has 0 fully saturated rings. The lowest BCUT2D eigenvalue weighted by Gasteiger charge is -2.02. The van der Waals surface area contributed by atoms with E-state index in [4.69, 9.17) is 11.6 Å². The molecule has 0 saturated heterocycles. The summed E-state index contributed by atoms with van der Waals surface area (Å²) in [7, 11) is 1.88. The average Bonchev–Trinajstić information content (AvgIpc) is 3.18. The van der Waals surface area contributed by atoms with Crippen molar-refractivity contribution in [3.05, 3.63) is 33.3 Å². The molecule has 3 aromatic heterocycles. The zero-order chi connectivity index (χ0) is 15.7. The van der Waals surface area contributed by atoms with Gasteiger partial charge in [0.1, 0.15) is 0 Å². The molecule has 22 heavy (non-hydrogen) atoms. The molecule has 10 heteroatoms. The fraction of sp³-hybridized carbons (Fsp3) is 0.167. The van der Waals surface area contributed by atoms with E-state index in [0.29, 0.717) is 10.2 Å². The summed E-state index contributed by atoms with van der Waals surface area (Å²) >= 11 is 12.1. The van der Waals surface area contributed by atoms with Crippen LogP contribution >= 0.6 is 50.6 Å². The van der Waals surface area contributed by atoms with Crippen LogP contribution in [-0.4, -0.2) is 36.2 Å². The summed E-state index contributed by atoms with van der Waals surface area (Å²) in [6.45, 7) is 0. The Morgan fingerprint density at radius 2 is 2.32 bits per heavy atom. The summed E-state index contributed by atoms with van der Waals surface area (Å²) in [6, 6.07) is 1.99. The van der Waals surface area contributed by atoms with Crippen LogP contribution in [0.2, 0.25) is 5.02 Å². The number of carbonyl (C=O) groups is 1. The predicted octanol–water partition coefficient (Wildman–Crippen LogP) is 3.59. The minimum absolute atomic E-state index is 0.166. The van der Waals surface area contributed by atoms with E-state index in [2.05, 4.69) is 31.2 Å². The number of thiophene rings is 1. The zero-order valence-corrected chi connectivity index (χ0v) is 15.2. The molecule has 0 spiro atoms. The van der Waals surface area contributed by atoms with Gasteiger partial charge in [0, 0.05) is 16.9 Å². The molecule has 0 atom stereocenters. The van der Waals surface area contributed by atoms with Gasteiger partial charge in [-0.25, -0.2) is 4.68 Å². The van der Waals surface area contributed by atoms with Crippen molar-refractivity contribution in [3.8, 4) is 10.7 Å². The first-order valence-electron chi connectivity index (χ1n) is 6.04. The van der Waals surface area contributed by atoms with Crippen LogP contribution in [-0.2, 0) is 7.05 Å². The van der Waals surface area contributed by atoms with Crippen LogP contribution in [0.4, 0.5) is 0 Å². The fourth-order valence-corrected chi connectivity index (χ4v) is 4.06. The highest BCUT2D eigenvalue weighted by atomic mass is 79.9.